The molecule has 1 fully saturated rings. The number of fused-ring (bicyclic) bond motifs is 1. The van der Waals surface area contributed by atoms with Crippen LogP contribution in [0.3, 0.4) is 0 Å². The first-order chi connectivity index (χ1) is 12.2. The van der Waals surface area contributed by atoms with Gasteiger partial charge in [0.1, 0.15) is 5.78 Å². The first kappa shape index (κ1) is 18.1. The molecule has 1 unspecified atom stereocenters. The van der Waals surface area contributed by atoms with E-state index in [0.717, 1.165) is 32.1 Å². The molecule has 3 rings (SSSR count). The standard InChI is InChI=1S/C19H24N2O3S/c1-24-13-7-12-21-18(23)14-8-5-6-9-15(14)20-19(21)25-17-11-4-2-3-10-16(17)22/h5-6,8-9,17H,2-4,7,10-13H2,1H3. The predicted octanol–water partition coefficient (Wildman–Crippen LogP) is 3.43. The second-order valence-corrected chi connectivity index (χ2v) is 7.56. The molecule has 0 radical (unpaired) electrons. The first-order valence-electron chi connectivity index (χ1n) is 8.88. The van der Waals surface area contributed by atoms with Crippen molar-refractivity contribution in [3.05, 3.63) is 34.6 Å². The average molecular weight is 360 g/mol. The van der Waals surface area contributed by atoms with Crippen LogP contribution in [0.25, 0.3) is 10.9 Å². The summed E-state index contributed by atoms with van der Waals surface area (Å²) >= 11 is 1.46. The van der Waals surface area contributed by atoms with E-state index in [0.29, 0.717) is 35.6 Å². The summed E-state index contributed by atoms with van der Waals surface area (Å²) < 4.78 is 6.83. The van der Waals surface area contributed by atoms with Crippen LogP contribution < -0.4 is 5.56 Å². The number of Topliss-reactive ketones (excluding diaryl/α,β-unsaturated/α-hetero) is 1. The minimum Gasteiger partial charge on any atom is -0.385 e. The van der Waals surface area contributed by atoms with Gasteiger partial charge in [-0.2, -0.15) is 0 Å². The molecule has 1 saturated carbocycles. The molecule has 134 valence electrons. The van der Waals surface area contributed by atoms with Crippen molar-refractivity contribution in [3.63, 3.8) is 0 Å². The lowest BCUT2D eigenvalue weighted by atomic mass is 10.2. The Bertz CT molecular complexity index is 803. The summed E-state index contributed by atoms with van der Waals surface area (Å²) in [6.45, 7) is 1.14. The largest absolute Gasteiger partial charge is 0.385 e. The number of para-hydroxylation sites is 1. The molecule has 1 heterocycles. The van der Waals surface area contributed by atoms with Crippen molar-refractivity contribution in [1.29, 1.82) is 0 Å². The molecule has 0 N–H and O–H groups in total. The van der Waals surface area contributed by atoms with Gasteiger partial charge in [0, 0.05) is 26.7 Å². The molecular formula is C19H24N2O3S. The van der Waals surface area contributed by atoms with Crippen molar-refractivity contribution in [2.75, 3.05) is 13.7 Å². The zero-order valence-corrected chi connectivity index (χ0v) is 15.4. The maximum absolute atomic E-state index is 12.9. The number of benzene rings is 1. The average Bonchev–Trinajstić information content (AvgIpc) is 2.82. The van der Waals surface area contributed by atoms with E-state index in [1.807, 2.05) is 24.3 Å². The number of hydrogen-bond donors (Lipinski definition) is 0. The third-order valence-corrected chi connectivity index (χ3v) is 5.86. The van der Waals surface area contributed by atoms with Crippen LogP contribution in [0.1, 0.15) is 38.5 Å². The van der Waals surface area contributed by atoms with E-state index in [1.54, 1.807) is 11.7 Å². The lowest BCUT2D eigenvalue weighted by molar-refractivity contribution is -0.118. The molecule has 6 heteroatoms. The molecule has 0 amide bonds. The third kappa shape index (κ3) is 4.30. The number of nitrogens with zero attached hydrogens (tertiary/aromatic N) is 2. The van der Waals surface area contributed by atoms with Crippen molar-refractivity contribution in [1.82, 2.24) is 9.55 Å². The minimum absolute atomic E-state index is 0.0368. The monoisotopic (exact) mass is 360 g/mol. The molecule has 5 nitrogen and oxygen atoms in total. The van der Waals surface area contributed by atoms with E-state index in [2.05, 4.69) is 0 Å². The molecule has 1 atom stereocenters. The normalized spacial score (nSPS) is 18.4. The van der Waals surface area contributed by atoms with Crippen LogP contribution in [0, 0.1) is 0 Å². The zero-order chi connectivity index (χ0) is 17.6. The van der Waals surface area contributed by atoms with Gasteiger partial charge in [0.15, 0.2) is 5.16 Å². The van der Waals surface area contributed by atoms with Crippen molar-refractivity contribution >= 4 is 28.4 Å². The molecular weight excluding hydrogens is 336 g/mol. The minimum atomic E-state index is -0.0933. The molecule has 0 bridgehead atoms. The van der Waals surface area contributed by atoms with Crippen molar-refractivity contribution in [2.45, 2.75) is 55.5 Å². The van der Waals surface area contributed by atoms with Crippen molar-refractivity contribution in [3.8, 4) is 0 Å². The summed E-state index contributed by atoms with van der Waals surface area (Å²) in [6.07, 6.45) is 5.38. The van der Waals surface area contributed by atoms with Crippen LogP contribution in [-0.2, 0) is 16.1 Å². The lowest BCUT2D eigenvalue weighted by Gasteiger charge is -2.17. The molecule has 0 spiro atoms. The SMILES string of the molecule is COCCCn1c(SC2CCCCCC2=O)nc2ccccc2c1=O. The van der Waals surface area contributed by atoms with Gasteiger partial charge in [0.2, 0.25) is 0 Å². The van der Waals surface area contributed by atoms with E-state index in [9.17, 15) is 9.59 Å². The summed E-state index contributed by atoms with van der Waals surface area (Å²) in [5.74, 6) is 0.286. The lowest BCUT2D eigenvalue weighted by Crippen LogP contribution is -2.26. The summed E-state index contributed by atoms with van der Waals surface area (Å²) in [5, 5.41) is 1.18. The second-order valence-electron chi connectivity index (χ2n) is 6.39. The Balaban J connectivity index is 1.97. The molecule has 25 heavy (non-hydrogen) atoms. The van der Waals surface area contributed by atoms with Gasteiger partial charge in [-0.25, -0.2) is 4.98 Å². The molecule has 1 aliphatic rings. The van der Waals surface area contributed by atoms with E-state index in [4.69, 9.17) is 9.72 Å². The smallest absolute Gasteiger partial charge is 0.262 e. The Morgan fingerprint density at radius 2 is 2.08 bits per heavy atom. The molecule has 1 aliphatic carbocycles. The van der Waals surface area contributed by atoms with Crippen LogP contribution in [0.2, 0.25) is 0 Å². The van der Waals surface area contributed by atoms with Crippen LogP contribution in [0.4, 0.5) is 0 Å². The van der Waals surface area contributed by atoms with Crippen LogP contribution >= 0.6 is 11.8 Å². The highest BCUT2D eigenvalue weighted by molar-refractivity contribution is 8.00. The second kappa shape index (κ2) is 8.63. The highest BCUT2D eigenvalue weighted by Gasteiger charge is 2.24. The van der Waals surface area contributed by atoms with Gasteiger partial charge in [-0.15, -0.1) is 0 Å². The van der Waals surface area contributed by atoms with Gasteiger partial charge in [-0.3, -0.25) is 14.2 Å². The Morgan fingerprint density at radius 1 is 1.24 bits per heavy atom. The first-order valence-corrected chi connectivity index (χ1v) is 9.76. The zero-order valence-electron chi connectivity index (χ0n) is 14.6. The fourth-order valence-electron chi connectivity index (χ4n) is 3.18. The summed E-state index contributed by atoms with van der Waals surface area (Å²) in [6, 6.07) is 7.40. The number of carbonyl (C=O) groups excluding carboxylic acids is 1. The van der Waals surface area contributed by atoms with Gasteiger partial charge in [0.05, 0.1) is 16.2 Å². The van der Waals surface area contributed by atoms with E-state index >= 15 is 0 Å². The number of ether oxygens (including phenoxy) is 1. The summed E-state index contributed by atoms with van der Waals surface area (Å²) in [7, 11) is 1.65. The van der Waals surface area contributed by atoms with Gasteiger partial charge >= 0.3 is 0 Å². The van der Waals surface area contributed by atoms with Gasteiger partial charge < -0.3 is 4.74 Å². The number of aromatic nitrogens is 2. The van der Waals surface area contributed by atoms with Crippen LogP contribution in [-0.4, -0.2) is 34.3 Å². The van der Waals surface area contributed by atoms with Crippen LogP contribution in [0.15, 0.2) is 34.2 Å². The number of carbonyl (C=O) groups is 1. The molecule has 0 saturated heterocycles. The number of methoxy groups -OCH3 is 1. The Hall–Kier alpha value is -1.66. The molecule has 0 aliphatic heterocycles. The quantitative estimate of drug-likeness (QED) is 0.449. The molecule has 1 aromatic carbocycles. The maximum atomic E-state index is 12.9. The van der Waals surface area contributed by atoms with Crippen LogP contribution in [0.5, 0.6) is 0 Å². The van der Waals surface area contributed by atoms with E-state index in [-0.39, 0.29) is 16.6 Å². The third-order valence-electron chi connectivity index (χ3n) is 4.55. The van der Waals surface area contributed by atoms with Crippen molar-refractivity contribution < 1.29 is 9.53 Å². The Labute approximate surface area is 151 Å². The van der Waals surface area contributed by atoms with E-state index < -0.39 is 0 Å². The summed E-state index contributed by atoms with van der Waals surface area (Å²) in [4.78, 5) is 30.0. The highest BCUT2D eigenvalue weighted by Crippen LogP contribution is 2.30. The van der Waals surface area contributed by atoms with Gasteiger partial charge in [-0.1, -0.05) is 36.7 Å². The predicted molar refractivity (Wildman–Crippen MR) is 100 cm³/mol. The maximum Gasteiger partial charge on any atom is 0.262 e. The van der Waals surface area contributed by atoms with Crippen molar-refractivity contribution in [2.24, 2.45) is 0 Å². The fraction of sp³-hybridized carbons (Fsp3) is 0.526. The number of thioether (sulfide) groups is 1. The number of hydrogen-bond acceptors (Lipinski definition) is 5. The Morgan fingerprint density at radius 3 is 2.92 bits per heavy atom. The number of ketones is 1. The molecule has 2 aromatic rings. The van der Waals surface area contributed by atoms with Gasteiger partial charge in [0.25, 0.3) is 5.56 Å². The number of rotatable bonds is 6. The van der Waals surface area contributed by atoms with Gasteiger partial charge in [-0.05, 0) is 31.4 Å². The van der Waals surface area contributed by atoms with E-state index in [1.165, 1.54) is 11.8 Å². The Kier molecular flexibility index (Phi) is 6.26. The molecule has 1 aromatic heterocycles. The topological polar surface area (TPSA) is 61.2 Å². The summed E-state index contributed by atoms with van der Waals surface area (Å²) in [5.41, 5.74) is 0.657. The fourth-order valence-corrected chi connectivity index (χ4v) is 4.42. The highest BCUT2D eigenvalue weighted by atomic mass is 32.2.